The number of hydrogen-bond donors (Lipinski definition) is 1. The van der Waals surface area contributed by atoms with Crippen molar-refractivity contribution in [3.8, 4) is 0 Å². The van der Waals surface area contributed by atoms with Gasteiger partial charge in [-0.2, -0.15) is 0 Å². The van der Waals surface area contributed by atoms with Crippen molar-refractivity contribution in [3.63, 3.8) is 0 Å². The van der Waals surface area contributed by atoms with Crippen molar-refractivity contribution >= 4 is 17.7 Å². The number of carbonyl (C=O) groups is 3. The molecule has 1 aliphatic carbocycles. The SMILES string of the molecule is CCOC(=O)c1c(C)[nH]c(C)c1C(=O)COC(=O)[C@H]1C[C@@H]1C. The summed E-state index contributed by atoms with van der Waals surface area (Å²) in [4.78, 5) is 39.0. The van der Waals surface area contributed by atoms with Crippen LogP contribution in [-0.2, 0) is 14.3 Å². The van der Waals surface area contributed by atoms with Gasteiger partial charge in [0.1, 0.15) is 0 Å². The number of H-pyrrole nitrogens is 1. The van der Waals surface area contributed by atoms with Gasteiger partial charge >= 0.3 is 11.9 Å². The smallest absolute Gasteiger partial charge is 0.340 e. The molecular weight excluding hydrogens is 286 g/mol. The molecule has 0 saturated heterocycles. The summed E-state index contributed by atoms with van der Waals surface area (Å²) in [6.45, 7) is 6.94. The Hall–Kier alpha value is -2.11. The molecule has 0 spiro atoms. The maximum Gasteiger partial charge on any atom is 0.340 e. The Balaban J connectivity index is 2.11. The minimum atomic E-state index is -0.546. The van der Waals surface area contributed by atoms with Gasteiger partial charge in [-0.25, -0.2) is 4.79 Å². The van der Waals surface area contributed by atoms with Crippen molar-refractivity contribution in [2.75, 3.05) is 13.2 Å². The number of esters is 2. The van der Waals surface area contributed by atoms with Crippen LogP contribution in [-0.4, -0.2) is 35.9 Å². The van der Waals surface area contributed by atoms with Crippen LogP contribution in [0.15, 0.2) is 0 Å². The monoisotopic (exact) mass is 307 g/mol. The summed E-state index contributed by atoms with van der Waals surface area (Å²) in [6.07, 6.45) is 0.809. The van der Waals surface area contributed by atoms with Gasteiger partial charge in [0.2, 0.25) is 5.78 Å². The first kappa shape index (κ1) is 16.3. The fraction of sp³-hybridized carbons (Fsp3) is 0.562. The minimum absolute atomic E-state index is 0.0913. The number of aromatic nitrogens is 1. The molecule has 2 rings (SSSR count). The van der Waals surface area contributed by atoms with Gasteiger partial charge in [0.25, 0.3) is 0 Å². The number of ether oxygens (including phenoxy) is 2. The van der Waals surface area contributed by atoms with E-state index < -0.39 is 11.8 Å². The lowest BCUT2D eigenvalue weighted by Crippen LogP contribution is -2.19. The van der Waals surface area contributed by atoms with E-state index in [1.54, 1.807) is 20.8 Å². The summed E-state index contributed by atoms with van der Waals surface area (Å²) in [6, 6.07) is 0. The first-order valence-corrected chi connectivity index (χ1v) is 7.42. The van der Waals surface area contributed by atoms with E-state index in [4.69, 9.17) is 9.47 Å². The molecule has 1 saturated carbocycles. The molecule has 120 valence electrons. The second-order valence-electron chi connectivity index (χ2n) is 5.70. The van der Waals surface area contributed by atoms with Gasteiger partial charge in [0.05, 0.1) is 23.7 Å². The number of aryl methyl sites for hydroxylation is 2. The molecule has 2 atom stereocenters. The van der Waals surface area contributed by atoms with E-state index in [1.165, 1.54) is 0 Å². The lowest BCUT2D eigenvalue weighted by molar-refractivity contribution is -0.144. The summed E-state index contributed by atoms with van der Waals surface area (Å²) in [5.41, 5.74) is 1.61. The number of nitrogens with one attached hydrogen (secondary N) is 1. The molecule has 1 aromatic heterocycles. The number of aromatic amines is 1. The molecule has 1 aliphatic rings. The highest BCUT2D eigenvalue weighted by Crippen LogP contribution is 2.38. The van der Waals surface area contributed by atoms with Crippen molar-refractivity contribution in [1.82, 2.24) is 4.98 Å². The Kier molecular flexibility index (Phi) is 4.68. The highest BCUT2D eigenvalue weighted by Gasteiger charge is 2.40. The average molecular weight is 307 g/mol. The van der Waals surface area contributed by atoms with Crippen molar-refractivity contribution < 1.29 is 23.9 Å². The van der Waals surface area contributed by atoms with Crippen LogP contribution in [0.3, 0.4) is 0 Å². The zero-order valence-corrected chi connectivity index (χ0v) is 13.3. The molecule has 1 aromatic rings. The molecule has 1 N–H and O–H groups in total. The molecule has 0 aromatic carbocycles. The third-order valence-electron chi connectivity index (χ3n) is 3.89. The van der Waals surface area contributed by atoms with Crippen molar-refractivity contribution in [2.45, 2.75) is 34.1 Å². The van der Waals surface area contributed by atoms with E-state index in [0.29, 0.717) is 17.3 Å². The summed E-state index contributed by atoms with van der Waals surface area (Å²) in [7, 11) is 0. The van der Waals surface area contributed by atoms with Crippen LogP contribution in [0.25, 0.3) is 0 Å². The molecule has 1 heterocycles. The number of rotatable bonds is 6. The fourth-order valence-electron chi connectivity index (χ4n) is 2.55. The van der Waals surface area contributed by atoms with Gasteiger partial charge in [0, 0.05) is 11.4 Å². The van der Waals surface area contributed by atoms with Crippen LogP contribution in [0.4, 0.5) is 0 Å². The molecule has 1 fully saturated rings. The molecular formula is C16H21NO5. The predicted molar refractivity (Wildman–Crippen MR) is 78.8 cm³/mol. The first-order valence-electron chi connectivity index (χ1n) is 7.42. The van der Waals surface area contributed by atoms with Crippen LogP contribution in [0, 0.1) is 25.7 Å². The lowest BCUT2D eigenvalue weighted by atomic mass is 10.1. The summed E-state index contributed by atoms with van der Waals surface area (Å²) < 4.78 is 10.0. The Morgan fingerprint density at radius 2 is 1.73 bits per heavy atom. The number of Topliss-reactive ketones (excluding diaryl/α,β-unsaturated/α-hetero) is 1. The largest absolute Gasteiger partial charge is 0.462 e. The van der Waals surface area contributed by atoms with E-state index >= 15 is 0 Å². The zero-order chi connectivity index (χ0) is 16.4. The molecule has 0 radical (unpaired) electrons. The number of hydrogen-bond acceptors (Lipinski definition) is 5. The highest BCUT2D eigenvalue weighted by molar-refractivity contribution is 6.09. The lowest BCUT2D eigenvalue weighted by Gasteiger charge is -2.07. The van der Waals surface area contributed by atoms with Gasteiger partial charge in [-0.05, 0) is 33.1 Å². The Bertz CT molecular complexity index is 616. The minimum Gasteiger partial charge on any atom is -0.462 e. The number of ketones is 1. The Morgan fingerprint density at radius 3 is 2.27 bits per heavy atom. The van der Waals surface area contributed by atoms with E-state index in [1.807, 2.05) is 6.92 Å². The standard InChI is InChI=1S/C16H21NO5/c1-5-21-16(20)14-10(4)17-9(3)13(14)12(18)7-22-15(19)11-6-8(11)2/h8,11,17H,5-7H2,1-4H3/t8-,11-/m0/s1. The van der Waals surface area contributed by atoms with E-state index in [-0.39, 0.29) is 36.2 Å². The molecule has 6 nitrogen and oxygen atoms in total. The second-order valence-corrected chi connectivity index (χ2v) is 5.70. The molecule has 0 unspecified atom stereocenters. The third-order valence-corrected chi connectivity index (χ3v) is 3.89. The predicted octanol–water partition coefficient (Wildman–Crippen LogP) is 2.19. The van der Waals surface area contributed by atoms with Gasteiger partial charge < -0.3 is 14.5 Å². The third kappa shape index (κ3) is 3.21. The highest BCUT2D eigenvalue weighted by atomic mass is 16.5. The molecule has 0 aliphatic heterocycles. The molecule has 0 bridgehead atoms. The average Bonchev–Trinajstić information content (AvgIpc) is 3.10. The normalized spacial score (nSPS) is 19.6. The second kappa shape index (κ2) is 6.34. The van der Waals surface area contributed by atoms with Gasteiger partial charge in [-0.3, -0.25) is 9.59 Å². The van der Waals surface area contributed by atoms with Crippen molar-refractivity contribution in [2.24, 2.45) is 11.8 Å². The van der Waals surface area contributed by atoms with Crippen LogP contribution in [0.1, 0.15) is 52.4 Å². The summed E-state index contributed by atoms with van der Waals surface area (Å²) >= 11 is 0. The molecule has 0 amide bonds. The van der Waals surface area contributed by atoms with Crippen LogP contribution >= 0.6 is 0 Å². The summed E-state index contributed by atoms with van der Waals surface area (Å²) in [5.74, 6) is -1.05. The van der Waals surface area contributed by atoms with Gasteiger partial charge in [-0.15, -0.1) is 0 Å². The van der Waals surface area contributed by atoms with Crippen LogP contribution in [0.2, 0.25) is 0 Å². The Labute approximate surface area is 129 Å². The summed E-state index contributed by atoms with van der Waals surface area (Å²) in [5, 5.41) is 0. The van der Waals surface area contributed by atoms with E-state index in [2.05, 4.69) is 4.98 Å². The zero-order valence-electron chi connectivity index (χ0n) is 13.3. The quantitative estimate of drug-likeness (QED) is 0.643. The molecule has 22 heavy (non-hydrogen) atoms. The van der Waals surface area contributed by atoms with Gasteiger partial charge in [0.15, 0.2) is 6.61 Å². The van der Waals surface area contributed by atoms with E-state index in [9.17, 15) is 14.4 Å². The topological polar surface area (TPSA) is 85.5 Å². The maximum atomic E-state index is 12.3. The fourth-order valence-corrected chi connectivity index (χ4v) is 2.55. The van der Waals surface area contributed by atoms with Crippen molar-refractivity contribution in [3.05, 3.63) is 22.5 Å². The maximum absolute atomic E-state index is 12.3. The van der Waals surface area contributed by atoms with Crippen LogP contribution < -0.4 is 0 Å². The first-order chi connectivity index (χ1) is 10.4. The number of carbonyl (C=O) groups excluding carboxylic acids is 3. The Morgan fingerprint density at radius 1 is 1.14 bits per heavy atom. The van der Waals surface area contributed by atoms with Crippen LogP contribution in [0.5, 0.6) is 0 Å². The van der Waals surface area contributed by atoms with Crippen molar-refractivity contribution in [1.29, 1.82) is 0 Å². The van der Waals surface area contributed by atoms with Gasteiger partial charge in [-0.1, -0.05) is 6.92 Å². The molecule has 6 heteroatoms. The van der Waals surface area contributed by atoms with E-state index in [0.717, 1.165) is 6.42 Å².